The number of halogens is 3. The lowest BCUT2D eigenvalue weighted by Gasteiger charge is -2.16. The van der Waals surface area contributed by atoms with Gasteiger partial charge in [-0.15, -0.1) is 0 Å². The molecule has 1 nitrogen and oxygen atoms in total. The Hall–Kier alpha value is -1.26. The van der Waals surface area contributed by atoms with E-state index in [1.807, 2.05) is 6.07 Å². The van der Waals surface area contributed by atoms with Crippen LogP contribution in [-0.2, 0) is 0 Å². The van der Waals surface area contributed by atoms with E-state index >= 15 is 0 Å². The fraction of sp³-hybridized carbons (Fsp3) is 0.143. The Labute approximate surface area is 112 Å². The third-order valence-electron chi connectivity index (χ3n) is 2.88. The Morgan fingerprint density at radius 1 is 1.06 bits per heavy atom. The summed E-state index contributed by atoms with van der Waals surface area (Å²) in [5, 5.41) is 10.2. The molecule has 0 fully saturated rings. The second-order valence-electron chi connectivity index (χ2n) is 3.99. The van der Waals surface area contributed by atoms with Crippen molar-refractivity contribution in [3.63, 3.8) is 0 Å². The molecule has 1 atom stereocenters. The summed E-state index contributed by atoms with van der Waals surface area (Å²) in [6.07, 6.45) is -1.32. The summed E-state index contributed by atoms with van der Waals surface area (Å²) in [4.78, 5) is 0. The first-order valence-corrected chi connectivity index (χ1v) is 6.18. The standard InChI is InChI=1S/C14H11BrF2O/c1-8-9(4-2-5-10(8)15)14(18)13-11(16)6-3-7-12(13)17/h2-7,14,18H,1H3. The zero-order valence-corrected chi connectivity index (χ0v) is 11.2. The summed E-state index contributed by atoms with van der Waals surface area (Å²) in [6.45, 7) is 1.78. The average molecular weight is 313 g/mol. The normalized spacial score (nSPS) is 12.5. The third-order valence-corrected chi connectivity index (χ3v) is 3.74. The number of benzene rings is 2. The van der Waals surface area contributed by atoms with E-state index in [-0.39, 0.29) is 5.56 Å². The van der Waals surface area contributed by atoms with E-state index in [0.717, 1.165) is 22.2 Å². The Morgan fingerprint density at radius 3 is 2.22 bits per heavy atom. The van der Waals surface area contributed by atoms with Crippen LogP contribution in [0.25, 0.3) is 0 Å². The average Bonchev–Trinajstić information content (AvgIpc) is 2.32. The smallest absolute Gasteiger partial charge is 0.132 e. The molecular weight excluding hydrogens is 302 g/mol. The van der Waals surface area contributed by atoms with Crippen molar-refractivity contribution in [1.29, 1.82) is 0 Å². The van der Waals surface area contributed by atoms with E-state index in [1.165, 1.54) is 6.07 Å². The van der Waals surface area contributed by atoms with Crippen molar-refractivity contribution in [2.45, 2.75) is 13.0 Å². The quantitative estimate of drug-likeness (QED) is 0.884. The van der Waals surface area contributed by atoms with E-state index in [0.29, 0.717) is 5.56 Å². The van der Waals surface area contributed by atoms with Crippen LogP contribution in [0, 0.1) is 18.6 Å². The maximum Gasteiger partial charge on any atom is 0.132 e. The molecular formula is C14H11BrF2O. The van der Waals surface area contributed by atoms with Gasteiger partial charge < -0.3 is 5.11 Å². The number of rotatable bonds is 2. The summed E-state index contributed by atoms with van der Waals surface area (Å²) in [5.41, 5.74) is 0.916. The lowest BCUT2D eigenvalue weighted by Crippen LogP contribution is -2.07. The van der Waals surface area contributed by atoms with Gasteiger partial charge in [-0.25, -0.2) is 8.78 Å². The van der Waals surface area contributed by atoms with Crippen molar-refractivity contribution in [2.24, 2.45) is 0 Å². The molecule has 1 unspecified atom stereocenters. The minimum absolute atomic E-state index is 0.321. The Morgan fingerprint density at radius 2 is 1.61 bits per heavy atom. The summed E-state index contributed by atoms with van der Waals surface area (Å²) < 4.78 is 28.0. The second kappa shape index (κ2) is 5.16. The van der Waals surface area contributed by atoms with Gasteiger partial charge in [-0.3, -0.25) is 0 Å². The van der Waals surface area contributed by atoms with Gasteiger partial charge in [0, 0.05) is 4.47 Å². The lowest BCUT2D eigenvalue weighted by molar-refractivity contribution is 0.208. The monoisotopic (exact) mass is 312 g/mol. The van der Waals surface area contributed by atoms with Crippen LogP contribution in [0.15, 0.2) is 40.9 Å². The molecule has 0 saturated carbocycles. The molecule has 0 saturated heterocycles. The van der Waals surface area contributed by atoms with Gasteiger partial charge in [-0.05, 0) is 36.2 Å². The molecule has 0 bridgehead atoms. The Kier molecular flexibility index (Phi) is 3.78. The fourth-order valence-corrected chi connectivity index (χ4v) is 2.23. The summed E-state index contributed by atoms with van der Waals surface area (Å²) >= 11 is 3.33. The summed E-state index contributed by atoms with van der Waals surface area (Å²) in [6, 6.07) is 8.72. The van der Waals surface area contributed by atoms with Crippen molar-refractivity contribution in [1.82, 2.24) is 0 Å². The molecule has 0 aliphatic rings. The molecule has 2 aromatic carbocycles. The van der Waals surface area contributed by atoms with Gasteiger partial charge in [0.15, 0.2) is 0 Å². The van der Waals surface area contributed by atoms with E-state index in [9.17, 15) is 13.9 Å². The molecule has 0 radical (unpaired) electrons. The van der Waals surface area contributed by atoms with Crippen LogP contribution in [0.3, 0.4) is 0 Å². The van der Waals surface area contributed by atoms with Gasteiger partial charge in [0.2, 0.25) is 0 Å². The SMILES string of the molecule is Cc1c(Br)cccc1C(O)c1c(F)cccc1F. The fourth-order valence-electron chi connectivity index (χ4n) is 1.85. The van der Waals surface area contributed by atoms with Crippen LogP contribution in [0.4, 0.5) is 8.78 Å². The van der Waals surface area contributed by atoms with Gasteiger partial charge in [-0.1, -0.05) is 34.1 Å². The zero-order chi connectivity index (χ0) is 13.3. The highest BCUT2D eigenvalue weighted by atomic mass is 79.9. The van der Waals surface area contributed by atoms with Crippen molar-refractivity contribution in [3.05, 3.63) is 69.2 Å². The van der Waals surface area contributed by atoms with E-state index in [4.69, 9.17) is 0 Å². The van der Waals surface area contributed by atoms with Crippen molar-refractivity contribution < 1.29 is 13.9 Å². The number of hydrogen-bond acceptors (Lipinski definition) is 1. The highest BCUT2D eigenvalue weighted by Gasteiger charge is 2.21. The summed E-state index contributed by atoms with van der Waals surface area (Å²) in [7, 11) is 0. The van der Waals surface area contributed by atoms with Crippen LogP contribution < -0.4 is 0 Å². The highest BCUT2D eigenvalue weighted by Crippen LogP contribution is 2.31. The first-order valence-electron chi connectivity index (χ1n) is 5.39. The molecule has 4 heteroatoms. The van der Waals surface area contributed by atoms with E-state index in [1.54, 1.807) is 19.1 Å². The van der Waals surface area contributed by atoms with E-state index < -0.39 is 17.7 Å². The van der Waals surface area contributed by atoms with Crippen LogP contribution >= 0.6 is 15.9 Å². The van der Waals surface area contributed by atoms with Gasteiger partial charge in [0.25, 0.3) is 0 Å². The number of hydrogen-bond donors (Lipinski definition) is 1. The van der Waals surface area contributed by atoms with Crippen LogP contribution in [-0.4, -0.2) is 5.11 Å². The van der Waals surface area contributed by atoms with Crippen molar-refractivity contribution in [2.75, 3.05) is 0 Å². The zero-order valence-electron chi connectivity index (χ0n) is 9.62. The molecule has 0 heterocycles. The Bertz CT molecular complexity index is 564. The maximum absolute atomic E-state index is 13.6. The van der Waals surface area contributed by atoms with Crippen LogP contribution in [0.5, 0.6) is 0 Å². The minimum atomic E-state index is -1.32. The molecule has 18 heavy (non-hydrogen) atoms. The second-order valence-corrected chi connectivity index (χ2v) is 4.85. The Balaban J connectivity index is 2.55. The predicted octanol–water partition coefficient (Wildman–Crippen LogP) is 4.12. The molecule has 0 spiro atoms. The van der Waals surface area contributed by atoms with Crippen LogP contribution in [0.1, 0.15) is 22.8 Å². The highest BCUT2D eigenvalue weighted by molar-refractivity contribution is 9.10. The molecule has 0 aliphatic heterocycles. The first-order chi connectivity index (χ1) is 8.52. The molecule has 0 aliphatic carbocycles. The van der Waals surface area contributed by atoms with Crippen LogP contribution in [0.2, 0.25) is 0 Å². The van der Waals surface area contributed by atoms with Gasteiger partial charge in [-0.2, -0.15) is 0 Å². The molecule has 2 aromatic rings. The topological polar surface area (TPSA) is 20.2 Å². The molecule has 0 aromatic heterocycles. The lowest BCUT2D eigenvalue weighted by atomic mass is 9.97. The number of aliphatic hydroxyl groups excluding tert-OH is 1. The van der Waals surface area contributed by atoms with Crippen molar-refractivity contribution in [3.8, 4) is 0 Å². The van der Waals surface area contributed by atoms with Gasteiger partial charge >= 0.3 is 0 Å². The van der Waals surface area contributed by atoms with E-state index in [2.05, 4.69) is 15.9 Å². The molecule has 1 N–H and O–H groups in total. The van der Waals surface area contributed by atoms with Crippen molar-refractivity contribution >= 4 is 15.9 Å². The number of aliphatic hydroxyl groups is 1. The maximum atomic E-state index is 13.6. The predicted molar refractivity (Wildman–Crippen MR) is 69.3 cm³/mol. The summed E-state index contributed by atoms with van der Waals surface area (Å²) in [5.74, 6) is -1.50. The van der Waals surface area contributed by atoms with Gasteiger partial charge in [0.05, 0.1) is 5.56 Å². The first kappa shape index (κ1) is 13.2. The van der Waals surface area contributed by atoms with Gasteiger partial charge in [0.1, 0.15) is 17.7 Å². The third kappa shape index (κ3) is 2.31. The minimum Gasteiger partial charge on any atom is -0.383 e. The molecule has 2 rings (SSSR count). The largest absolute Gasteiger partial charge is 0.383 e. The molecule has 0 amide bonds. The molecule has 94 valence electrons.